The van der Waals surface area contributed by atoms with Gasteiger partial charge in [0.05, 0.1) is 11.4 Å². The van der Waals surface area contributed by atoms with Crippen molar-refractivity contribution < 1.29 is 0 Å². The van der Waals surface area contributed by atoms with Gasteiger partial charge in [-0.3, -0.25) is 0 Å². The number of benzene rings is 5. The minimum Gasteiger partial charge on any atom is -0.336 e. The fourth-order valence-electron chi connectivity index (χ4n) is 5.85. The van der Waals surface area contributed by atoms with Crippen LogP contribution in [0, 0.1) is 6.92 Å². The summed E-state index contributed by atoms with van der Waals surface area (Å²) in [6.07, 6.45) is 1.07. The average Bonchev–Trinajstić information content (AvgIpc) is 3.67. The van der Waals surface area contributed by atoms with Crippen LogP contribution in [0.15, 0.2) is 137 Å². The SMILES string of the molecule is Cc1ccc2c(c1)Sc1cc(N(c3ccccc3)c3ccccc3)ccc1N2C1CC1c1nc(-c2ccccc2)ns1. The highest BCUT2D eigenvalue weighted by molar-refractivity contribution is 7.99. The molecule has 2 heterocycles. The maximum Gasteiger partial charge on any atom is 0.173 e. The van der Waals surface area contributed by atoms with E-state index in [1.54, 1.807) is 11.5 Å². The molecule has 0 saturated heterocycles. The Morgan fingerprint density at radius 3 is 2.00 bits per heavy atom. The van der Waals surface area contributed by atoms with E-state index < -0.39 is 0 Å². The standard InChI is InChI=1S/C36H28N4S2/c1-24-17-19-30-33(21-24)41-34-22-28(39(26-13-7-3-8-14-26)27-15-9-4-10-16-27)18-20-31(34)40(30)32-23-29(32)36-37-35(38-42-36)25-11-5-2-6-12-25/h2-22,29,32H,23H2,1H3. The molecule has 0 bridgehead atoms. The van der Waals surface area contributed by atoms with Gasteiger partial charge in [0.25, 0.3) is 0 Å². The summed E-state index contributed by atoms with van der Waals surface area (Å²) >= 11 is 3.42. The Hall–Kier alpha value is -4.39. The molecule has 0 N–H and O–H groups in total. The molecule has 0 spiro atoms. The second-order valence-corrected chi connectivity index (χ2v) is 12.7. The summed E-state index contributed by atoms with van der Waals surface area (Å²) in [7, 11) is 0. The van der Waals surface area contributed by atoms with Crippen LogP contribution in [-0.2, 0) is 0 Å². The van der Waals surface area contributed by atoms with Crippen LogP contribution >= 0.6 is 23.3 Å². The number of hydrogen-bond acceptors (Lipinski definition) is 6. The zero-order valence-corrected chi connectivity index (χ0v) is 24.7. The quantitative estimate of drug-likeness (QED) is 0.196. The third-order valence-electron chi connectivity index (χ3n) is 7.96. The summed E-state index contributed by atoms with van der Waals surface area (Å²) in [5.74, 6) is 1.20. The van der Waals surface area contributed by atoms with Crippen LogP contribution in [0.25, 0.3) is 11.4 Å². The van der Waals surface area contributed by atoms with Crippen molar-refractivity contribution in [3.05, 3.63) is 138 Å². The maximum absolute atomic E-state index is 4.99. The van der Waals surface area contributed by atoms with Crippen molar-refractivity contribution >= 4 is 51.7 Å². The van der Waals surface area contributed by atoms with Crippen LogP contribution < -0.4 is 9.80 Å². The summed E-state index contributed by atoms with van der Waals surface area (Å²) in [6.45, 7) is 2.18. The second-order valence-electron chi connectivity index (χ2n) is 10.8. The molecule has 1 aliphatic carbocycles. The van der Waals surface area contributed by atoms with Crippen molar-refractivity contribution in [3.63, 3.8) is 0 Å². The zero-order chi connectivity index (χ0) is 28.0. The highest BCUT2D eigenvalue weighted by Crippen LogP contribution is 2.57. The van der Waals surface area contributed by atoms with Gasteiger partial charge in [-0.1, -0.05) is 84.6 Å². The predicted octanol–water partition coefficient (Wildman–Crippen LogP) is 10.1. The molecule has 1 fully saturated rings. The molecule has 1 aromatic heterocycles. The van der Waals surface area contributed by atoms with E-state index in [4.69, 9.17) is 9.36 Å². The molecule has 1 aliphatic heterocycles. The molecule has 6 heteroatoms. The van der Waals surface area contributed by atoms with Crippen LogP contribution in [-0.4, -0.2) is 15.4 Å². The first kappa shape index (κ1) is 25.3. The third-order valence-corrected chi connectivity index (χ3v) is 9.90. The van der Waals surface area contributed by atoms with Gasteiger partial charge in [0.1, 0.15) is 5.01 Å². The molecule has 204 valence electrons. The number of hydrogen-bond donors (Lipinski definition) is 0. The van der Waals surface area contributed by atoms with Crippen molar-refractivity contribution in [3.8, 4) is 11.4 Å². The fourth-order valence-corrected chi connectivity index (χ4v) is 7.90. The highest BCUT2D eigenvalue weighted by Gasteiger charge is 2.48. The van der Waals surface area contributed by atoms with Crippen LogP contribution in [0.2, 0.25) is 0 Å². The van der Waals surface area contributed by atoms with Crippen molar-refractivity contribution in [1.82, 2.24) is 9.36 Å². The molecule has 4 nitrogen and oxygen atoms in total. The van der Waals surface area contributed by atoms with Gasteiger partial charge in [0, 0.05) is 44.4 Å². The normalized spacial score (nSPS) is 16.9. The molecular formula is C36H28N4S2. The zero-order valence-electron chi connectivity index (χ0n) is 23.1. The van der Waals surface area contributed by atoms with E-state index in [-0.39, 0.29) is 0 Å². The number of aromatic nitrogens is 2. The van der Waals surface area contributed by atoms with E-state index >= 15 is 0 Å². The van der Waals surface area contributed by atoms with Gasteiger partial charge < -0.3 is 9.80 Å². The lowest BCUT2D eigenvalue weighted by Crippen LogP contribution is -2.24. The Bertz CT molecular complexity index is 1830. The van der Waals surface area contributed by atoms with Crippen LogP contribution in [0.1, 0.15) is 22.9 Å². The maximum atomic E-state index is 4.99. The van der Waals surface area contributed by atoms with E-state index in [1.165, 1.54) is 26.7 Å². The van der Waals surface area contributed by atoms with Gasteiger partial charge in [-0.05, 0) is 85.0 Å². The molecular weight excluding hydrogens is 553 g/mol. The Kier molecular flexibility index (Phi) is 6.31. The van der Waals surface area contributed by atoms with E-state index in [0.29, 0.717) is 12.0 Å². The highest BCUT2D eigenvalue weighted by atomic mass is 32.2. The van der Waals surface area contributed by atoms with E-state index in [0.717, 1.165) is 39.9 Å². The Balaban J connectivity index is 1.18. The number of nitrogens with zero attached hydrogens (tertiary/aromatic N) is 4. The van der Waals surface area contributed by atoms with Gasteiger partial charge >= 0.3 is 0 Å². The molecule has 0 radical (unpaired) electrons. The lowest BCUT2D eigenvalue weighted by Gasteiger charge is -2.35. The Morgan fingerprint density at radius 1 is 0.690 bits per heavy atom. The molecule has 5 aromatic carbocycles. The first-order valence-electron chi connectivity index (χ1n) is 14.2. The Morgan fingerprint density at radius 2 is 1.31 bits per heavy atom. The fraction of sp³-hybridized carbons (Fsp3) is 0.111. The number of aryl methyl sites for hydroxylation is 1. The number of anilines is 5. The molecule has 0 amide bonds. The molecule has 2 atom stereocenters. The van der Waals surface area contributed by atoms with Gasteiger partial charge in [0.2, 0.25) is 0 Å². The largest absolute Gasteiger partial charge is 0.336 e. The molecule has 1 saturated carbocycles. The summed E-state index contributed by atoms with van der Waals surface area (Å²) in [5.41, 5.74) is 8.34. The molecule has 8 rings (SSSR count). The van der Waals surface area contributed by atoms with Crippen LogP contribution in [0.5, 0.6) is 0 Å². The number of para-hydroxylation sites is 2. The van der Waals surface area contributed by atoms with Crippen molar-refractivity contribution in [1.29, 1.82) is 0 Å². The smallest absolute Gasteiger partial charge is 0.173 e. The first-order chi connectivity index (χ1) is 20.7. The molecule has 2 unspecified atom stereocenters. The number of fused-ring (bicyclic) bond motifs is 2. The Labute approximate surface area is 254 Å². The monoisotopic (exact) mass is 580 g/mol. The summed E-state index contributed by atoms with van der Waals surface area (Å²) in [6, 6.07) is 45.6. The van der Waals surface area contributed by atoms with Crippen LogP contribution in [0.3, 0.4) is 0 Å². The molecule has 6 aromatic rings. The summed E-state index contributed by atoms with van der Waals surface area (Å²) in [5, 5.41) is 1.13. The lowest BCUT2D eigenvalue weighted by atomic mass is 10.1. The van der Waals surface area contributed by atoms with Crippen molar-refractivity contribution in [2.24, 2.45) is 0 Å². The lowest BCUT2D eigenvalue weighted by molar-refractivity contribution is 0.890. The van der Waals surface area contributed by atoms with Gasteiger partial charge in [0.15, 0.2) is 5.82 Å². The average molecular weight is 581 g/mol. The van der Waals surface area contributed by atoms with Gasteiger partial charge in [-0.25, -0.2) is 4.98 Å². The summed E-state index contributed by atoms with van der Waals surface area (Å²) in [4.78, 5) is 12.5. The van der Waals surface area contributed by atoms with Gasteiger partial charge in [-0.2, -0.15) is 4.37 Å². The van der Waals surface area contributed by atoms with Gasteiger partial charge in [-0.15, -0.1) is 0 Å². The van der Waals surface area contributed by atoms with Crippen LogP contribution in [0.4, 0.5) is 28.4 Å². The van der Waals surface area contributed by atoms with E-state index in [2.05, 4.69) is 126 Å². The van der Waals surface area contributed by atoms with Crippen molar-refractivity contribution in [2.45, 2.75) is 35.1 Å². The molecule has 2 aliphatic rings. The topological polar surface area (TPSA) is 32.3 Å². The summed E-state index contributed by atoms with van der Waals surface area (Å²) < 4.78 is 4.72. The van der Waals surface area contributed by atoms with E-state index in [9.17, 15) is 0 Å². The minimum absolute atomic E-state index is 0.355. The minimum atomic E-state index is 0.355. The van der Waals surface area contributed by atoms with Crippen molar-refractivity contribution in [2.75, 3.05) is 9.80 Å². The predicted molar refractivity (Wildman–Crippen MR) is 175 cm³/mol. The third kappa shape index (κ3) is 4.57. The molecule has 42 heavy (non-hydrogen) atoms. The second kappa shape index (κ2) is 10.5. The number of rotatable bonds is 6. The first-order valence-corrected chi connectivity index (χ1v) is 15.8. The van der Waals surface area contributed by atoms with E-state index in [1.807, 2.05) is 30.0 Å².